The number of nitrogens with one attached hydrogen (secondary N) is 1. The molecule has 0 unspecified atom stereocenters. The van der Waals surface area contributed by atoms with Crippen molar-refractivity contribution >= 4 is 23.4 Å². The first kappa shape index (κ1) is 17.9. The summed E-state index contributed by atoms with van der Waals surface area (Å²) in [5.41, 5.74) is 2.69. The first-order chi connectivity index (χ1) is 11.2. The highest BCUT2D eigenvalue weighted by Gasteiger charge is 2.19. The number of carboxylic acid groups (broad SMARTS) is 1. The third-order valence-electron chi connectivity index (χ3n) is 3.18. The fourth-order valence-corrected chi connectivity index (χ4v) is 2.88. The van der Waals surface area contributed by atoms with Gasteiger partial charge in [0, 0.05) is 0 Å². The van der Waals surface area contributed by atoms with Crippen LogP contribution < -0.4 is 5.32 Å². The van der Waals surface area contributed by atoms with Crippen molar-refractivity contribution in [3.8, 4) is 10.4 Å². The van der Waals surface area contributed by atoms with Gasteiger partial charge < -0.3 is 15.2 Å². The lowest BCUT2D eigenvalue weighted by Crippen LogP contribution is -2.34. The van der Waals surface area contributed by atoms with E-state index in [1.165, 1.54) is 16.8 Å². The number of alkyl carbamates (subject to hydrolysis) is 1. The number of carboxylic acids is 1. The Labute approximate surface area is 144 Å². The Morgan fingerprint density at radius 1 is 1.25 bits per heavy atom. The number of aromatic nitrogens is 1. The van der Waals surface area contributed by atoms with Crippen molar-refractivity contribution in [3.05, 3.63) is 41.0 Å². The first-order valence-corrected chi connectivity index (χ1v) is 8.32. The van der Waals surface area contributed by atoms with Crippen molar-refractivity contribution in [3.63, 3.8) is 0 Å². The Kier molecular flexibility index (Phi) is 5.23. The van der Waals surface area contributed by atoms with Crippen LogP contribution in [0.2, 0.25) is 0 Å². The summed E-state index contributed by atoms with van der Waals surface area (Å²) in [5.74, 6) is -1.05. The highest BCUT2D eigenvalue weighted by molar-refractivity contribution is 7.13. The van der Waals surface area contributed by atoms with E-state index >= 15 is 0 Å². The van der Waals surface area contributed by atoms with Crippen molar-refractivity contribution in [2.45, 2.75) is 39.3 Å². The SMILES string of the molecule is C[C@H](NC(=O)OC(C)(C)C)c1ccc(-c2scnc2C(=O)O)cc1. The van der Waals surface area contributed by atoms with Crippen molar-refractivity contribution in [1.82, 2.24) is 10.3 Å². The molecule has 0 aliphatic carbocycles. The molecule has 0 saturated heterocycles. The van der Waals surface area contributed by atoms with Crippen LogP contribution in [0.3, 0.4) is 0 Å². The topological polar surface area (TPSA) is 88.5 Å². The molecule has 1 atom stereocenters. The zero-order valence-corrected chi connectivity index (χ0v) is 14.8. The Morgan fingerprint density at radius 2 is 1.88 bits per heavy atom. The van der Waals surface area contributed by atoms with Crippen LogP contribution in [0.5, 0.6) is 0 Å². The van der Waals surface area contributed by atoms with E-state index in [1.807, 2.05) is 31.2 Å². The molecule has 1 aromatic heterocycles. The van der Waals surface area contributed by atoms with Gasteiger partial charge in [-0.1, -0.05) is 24.3 Å². The summed E-state index contributed by atoms with van der Waals surface area (Å²) < 4.78 is 5.23. The van der Waals surface area contributed by atoms with Gasteiger partial charge in [-0.15, -0.1) is 11.3 Å². The molecule has 0 aliphatic rings. The summed E-state index contributed by atoms with van der Waals surface area (Å²) in [5, 5.41) is 11.9. The molecule has 2 aromatic rings. The van der Waals surface area contributed by atoms with E-state index < -0.39 is 17.7 Å². The van der Waals surface area contributed by atoms with Gasteiger partial charge in [0.05, 0.1) is 16.4 Å². The minimum atomic E-state index is -1.05. The van der Waals surface area contributed by atoms with Gasteiger partial charge >= 0.3 is 12.1 Å². The Bertz CT molecular complexity index is 732. The second kappa shape index (κ2) is 7.00. The molecule has 128 valence electrons. The van der Waals surface area contributed by atoms with Crippen LogP contribution in [-0.2, 0) is 4.74 Å². The Hall–Kier alpha value is -2.41. The fourth-order valence-electron chi connectivity index (χ4n) is 2.09. The number of hydrogen-bond donors (Lipinski definition) is 2. The van der Waals surface area contributed by atoms with E-state index in [9.17, 15) is 9.59 Å². The lowest BCUT2D eigenvalue weighted by Gasteiger charge is -2.22. The zero-order chi connectivity index (χ0) is 17.9. The molecule has 1 amide bonds. The van der Waals surface area contributed by atoms with E-state index in [-0.39, 0.29) is 11.7 Å². The highest BCUT2D eigenvalue weighted by atomic mass is 32.1. The molecule has 1 heterocycles. The lowest BCUT2D eigenvalue weighted by atomic mass is 10.0. The lowest BCUT2D eigenvalue weighted by molar-refractivity contribution is 0.0507. The molecule has 0 aliphatic heterocycles. The van der Waals surface area contributed by atoms with E-state index in [0.717, 1.165) is 11.1 Å². The van der Waals surface area contributed by atoms with Crippen LogP contribution in [0.1, 0.15) is 49.8 Å². The Morgan fingerprint density at radius 3 is 2.42 bits per heavy atom. The predicted octanol–water partition coefficient (Wildman–Crippen LogP) is 4.09. The molecule has 2 rings (SSSR count). The van der Waals surface area contributed by atoms with Gasteiger partial charge in [-0.2, -0.15) is 0 Å². The summed E-state index contributed by atoms with van der Waals surface area (Å²) in [7, 11) is 0. The number of aromatic carboxylic acids is 1. The molecule has 24 heavy (non-hydrogen) atoms. The van der Waals surface area contributed by atoms with E-state index in [4.69, 9.17) is 9.84 Å². The molecular weight excluding hydrogens is 328 g/mol. The van der Waals surface area contributed by atoms with Crippen LogP contribution in [0, 0.1) is 0 Å². The van der Waals surface area contributed by atoms with Crippen LogP contribution in [0.4, 0.5) is 4.79 Å². The highest BCUT2D eigenvalue weighted by Crippen LogP contribution is 2.28. The minimum Gasteiger partial charge on any atom is -0.476 e. The second-order valence-corrected chi connectivity index (χ2v) is 7.18. The maximum Gasteiger partial charge on any atom is 0.408 e. The minimum absolute atomic E-state index is 0.0488. The molecule has 0 spiro atoms. The van der Waals surface area contributed by atoms with Gasteiger partial charge in [-0.3, -0.25) is 0 Å². The van der Waals surface area contributed by atoms with Crippen LogP contribution in [-0.4, -0.2) is 27.8 Å². The van der Waals surface area contributed by atoms with Gasteiger partial charge in [0.2, 0.25) is 0 Å². The average molecular weight is 348 g/mol. The van der Waals surface area contributed by atoms with Gasteiger partial charge in [0.1, 0.15) is 5.60 Å². The summed E-state index contributed by atoms with van der Waals surface area (Å²) in [6.45, 7) is 7.28. The Balaban J connectivity index is 2.10. The molecule has 0 fully saturated rings. The summed E-state index contributed by atoms with van der Waals surface area (Å²) in [6, 6.07) is 7.12. The van der Waals surface area contributed by atoms with Crippen LogP contribution >= 0.6 is 11.3 Å². The molecule has 6 nitrogen and oxygen atoms in total. The number of carbonyl (C=O) groups is 2. The molecule has 0 bridgehead atoms. The number of amides is 1. The van der Waals surface area contributed by atoms with E-state index in [2.05, 4.69) is 10.3 Å². The van der Waals surface area contributed by atoms with Crippen LogP contribution in [0.15, 0.2) is 29.8 Å². The summed E-state index contributed by atoms with van der Waals surface area (Å²) in [4.78, 5) is 27.4. The van der Waals surface area contributed by atoms with Crippen molar-refractivity contribution in [1.29, 1.82) is 0 Å². The third kappa shape index (κ3) is 4.55. The molecule has 2 N–H and O–H groups in total. The molecule has 0 saturated carbocycles. The number of carbonyl (C=O) groups excluding carboxylic acids is 1. The molecular formula is C17H20N2O4S. The molecule has 1 aromatic carbocycles. The monoisotopic (exact) mass is 348 g/mol. The maximum atomic E-state index is 11.8. The van der Waals surface area contributed by atoms with Gasteiger partial charge in [0.15, 0.2) is 5.69 Å². The van der Waals surface area contributed by atoms with E-state index in [1.54, 1.807) is 20.8 Å². The quantitative estimate of drug-likeness (QED) is 0.868. The average Bonchev–Trinajstić information content (AvgIpc) is 2.94. The fraction of sp³-hybridized carbons (Fsp3) is 0.353. The van der Waals surface area contributed by atoms with Crippen molar-refractivity contribution < 1.29 is 19.4 Å². The standard InChI is InChI=1S/C17H20N2O4S/c1-10(19-16(22)23-17(2,3)4)11-5-7-12(8-6-11)14-13(15(20)21)18-9-24-14/h5-10H,1-4H3,(H,19,22)(H,20,21)/t10-/m0/s1. The molecule has 0 radical (unpaired) electrons. The first-order valence-electron chi connectivity index (χ1n) is 7.44. The number of hydrogen-bond acceptors (Lipinski definition) is 5. The summed E-state index contributed by atoms with van der Waals surface area (Å²) in [6.07, 6.45) is -0.477. The number of nitrogens with zero attached hydrogens (tertiary/aromatic N) is 1. The number of benzene rings is 1. The molecule has 7 heteroatoms. The van der Waals surface area contributed by atoms with Gasteiger partial charge in [0.25, 0.3) is 0 Å². The smallest absolute Gasteiger partial charge is 0.408 e. The van der Waals surface area contributed by atoms with Crippen molar-refractivity contribution in [2.24, 2.45) is 0 Å². The second-order valence-electron chi connectivity index (χ2n) is 6.33. The van der Waals surface area contributed by atoms with E-state index in [0.29, 0.717) is 4.88 Å². The maximum absolute atomic E-state index is 11.8. The van der Waals surface area contributed by atoms with Crippen LogP contribution in [0.25, 0.3) is 10.4 Å². The predicted molar refractivity (Wildman–Crippen MR) is 92.3 cm³/mol. The largest absolute Gasteiger partial charge is 0.476 e. The van der Waals surface area contributed by atoms with Gasteiger partial charge in [-0.25, -0.2) is 14.6 Å². The third-order valence-corrected chi connectivity index (χ3v) is 4.05. The van der Waals surface area contributed by atoms with Crippen molar-refractivity contribution in [2.75, 3.05) is 0 Å². The number of thiazole rings is 1. The number of rotatable bonds is 4. The van der Waals surface area contributed by atoms with Gasteiger partial charge in [-0.05, 0) is 38.8 Å². The zero-order valence-electron chi connectivity index (χ0n) is 14.0. The number of ether oxygens (including phenoxy) is 1. The summed E-state index contributed by atoms with van der Waals surface area (Å²) >= 11 is 1.28. The normalized spacial score (nSPS) is 12.5.